The minimum absolute atomic E-state index is 0.119. The van der Waals surface area contributed by atoms with Crippen molar-refractivity contribution in [3.05, 3.63) is 44.4 Å². The third kappa shape index (κ3) is 2.79. The van der Waals surface area contributed by atoms with E-state index in [9.17, 15) is 19.7 Å². The maximum atomic E-state index is 11.6. The molecule has 0 N–H and O–H groups in total. The summed E-state index contributed by atoms with van der Waals surface area (Å²) < 4.78 is 9.67. The molecule has 0 fully saturated rings. The Kier molecular flexibility index (Phi) is 3.74. The molecule has 1 aromatic carbocycles. The third-order valence-corrected chi connectivity index (χ3v) is 2.46. The van der Waals surface area contributed by atoms with Crippen molar-refractivity contribution in [1.29, 1.82) is 0 Å². The first-order chi connectivity index (χ1) is 9.51. The molecule has 0 saturated heterocycles. The molecule has 0 aliphatic heterocycles. The molecule has 1 heterocycles. The Hall–Kier alpha value is -2.77. The number of nitro groups is 1. The van der Waals surface area contributed by atoms with Crippen LogP contribution in [0.15, 0.2) is 27.4 Å². The van der Waals surface area contributed by atoms with Gasteiger partial charge in [0.15, 0.2) is 5.58 Å². The second-order valence-corrected chi connectivity index (χ2v) is 3.84. The number of aromatic nitrogens is 1. The van der Waals surface area contributed by atoms with Gasteiger partial charge < -0.3 is 9.15 Å². The van der Waals surface area contributed by atoms with E-state index in [2.05, 4.69) is 4.98 Å². The first kappa shape index (κ1) is 13.7. The van der Waals surface area contributed by atoms with Crippen molar-refractivity contribution >= 4 is 22.8 Å². The number of hydrogen-bond donors (Lipinski definition) is 0. The summed E-state index contributed by atoms with van der Waals surface area (Å²) in [7, 11) is 0. The fourth-order valence-electron chi connectivity index (χ4n) is 1.60. The fourth-order valence-corrected chi connectivity index (χ4v) is 1.60. The highest BCUT2D eigenvalue weighted by Gasteiger charge is 2.14. The SMILES string of the molecule is CCOC(=O)Cc1nc2cc([N+](=O)[O-])ccc2oc1=O. The Labute approximate surface area is 112 Å². The molecular formula is C12H10N2O6. The van der Waals surface area contributed by atoms with Crippen molar-refractivity contribution in [2.45, 2.75) is 13.3 Å². The molecule has 20 heavy (non-hydrogen) atoms. The van der Waals surface area contributed by atoms with Crippen LogP contribution in [0.3, 0.4) is 0 Å². The number of esters is 1. The number of ether oxygens (including phenoxy) is 1. The lowest BCUT2D eigenvalue weighted by Gasteiger charge is -2.02. The lowest BCUT2D eigenvalue weighted by Crippen LogP contribution is -2.17. The Morgan fingerprint density at radius 3 is 2.90 bits per heavy atom. The second-order valence-electron chi connectivity index (χ2n) is 3.84. The maximum absolute atomic E-state index is 11.6. The van der Waals surface area contributed by atoms with Crippen molar-refractivity contribution in [2.75, 3.05) is 6.61 Å². The van der Waals surface area contributed by atoms with Crippen LogP contribution in [-0.4, -0.2) is 22.5 Å². The second kappa shape index (κ2) is 5.47. The lowest BCUT2D eigenvalue weighted by atomic mass is 10.2. The van der Waals surface area contributed by atoms with E-state index in [0.717, 1.165) is 0 Å². The van der Waals surface area contributed by atoms with Crippen LogP contribution < -0.4 is 5.63 Å². The van der Waals surface area contributed by atoms with E-state index in [1.165, 1.54) is 18.2 Å². The van der Waals surface area contributed by atoms with Crippen molar-refractivity contribution in [1.82, 2.24) is 4.98 Å². The molecule has 0 unspecified atom stereocenters. The van der Waals surface area contributed by atoms with E-state index in [4.69, 9.17) is 9.15 Å². The average Bonchev–Trinajstić information content (AvgIpc) is 2.39. The number of carbonyl (C=O) groups is 1. The third-order valence-electron chi connectivity index (χ3n) is 2.46. The summed E-state index contributed by atoms with van der Waals surface area (Å²) >= 11 is 0. The van der Waals surface area contributed by atoms with Crippen LogP contribution >= 0.6 is 0 Å². The van der Waals surface area contributed by atoms with Gasteiger partial charge in [-0.2, -0.15) is 0 Å². The number of non-ortho nitro benzene ring substituents is 1. The van der Waals surface area contributed by atoms with Crippen LogP contribution in [-0.2, 0) is 16.0 Å². The molecule has 8 heteroatoms. The normalized spacial score (nSPS) is 10.4. The van der Waals surface area contributed by atoms with E-state index >= 15 is 0 Å². The summed E-state index contributed by atoms with van der Waals surface area (Å²) in [4.78, 5) is 37.0. The topological polar surface area (TPSA) is 113 Å². The van der Waals surface area contributed by atoms with Gasteiger partial charge in [-0.05, 0) is 13.0 Å². The van der Waals surface area contributed by atoms with Gasteiger partial charge in [-0.3, -0.25) is 14.9 Å². The van der Waals surface area contributed by atoms with Gasteiger partial charge in [-0.25, -0.2) is 9.78 Å². The van der Waals surface area contributed by atoms with Crippen molar-refractivity contribution in [3.8, 4) is 0 Å². The molecule has 0 amide bonds. The Balaban J connectivity index is 2.45. The lowest BCUT2D eigenvalue weighted by molar-refractivity contribution is -0.384. The monoisotopic (exact) mass is 278 g/mol. The number of nitrogens with zero attached hydrogens (tertiary/aromatic N) is 2. The largest absolute Gasteiger partial charge is 0.466 e. The molecule has 0 radical (unpaired) electrons. The molecule has 0 spiro atoms. The summed E-state index contributed by atoms with van der Waals surface area (Å²) in [5, 5.41) is 10.7. The van der Waals surface area contributed by atoms with Crippen molar-refractivity contribution in [3.63, 3.8) is 0 Å². The van der Waals surface area contributed by atoms with Gasteiger partial charge in [0.2, 0.25) is 0 Å². The molecular weight excluding hydrogens is 268 g/mol. The molecule has 104 valence electrons. The Morgan fingerprint density at radius 2 is 2.25 bits per heavy atom. The number of benzene rings is 1. The molecule has 0 aliphatic carbocycles. The van der Waals surface area contributed by atoms with Crippen LogP contribution in [0.2, 0.25) is 0 Å². The van der Waals surface area contributed by atoms with Gasteiger partial charge in [0, 0.05) is 12.1 Å². The van der Waals surface area contributed by atoms with Crippen LogP contribution in [0.5, 0.6) is 0 Å². The highest BCUT2D eigenvalue weighted by Crippen LogP contribution is 2.18. The zero-order valence-electron chi connectivity index (χ0n) is 10.5. The molecule has 2 rings (SSSR count). The summed E-state index contributed by atoms with van der Waals surface area (Å²) in [5.74, 6) is -0.614. The van der Waals surface area contributed by atoms with E-state index < -0.39 is 16.5 Å². The van der Waals surface area contributed by atoms with Crippen LogP contribution in [0.1, 0.15) is 12.6 Å². The van der Waals surface area contributed by atoms with Gasteiger partial charge in [0.1, 0.15) is 11.2 Å². The standard InChI is InChI=1S/C12H10N2O6/c1-2-19-11(15)6-9-12(16)20-10-4-3-7(14(17)18)5-8(10)13-9/h3-5H,2,6H2,1H3. The quantitative estimate of drug-likeness (QED) is 0.469. The van der Waals surface area contributed by atoms with Crippen LogP contribution in [0.25, 0.3) is 11.1 Å². The van der Waals surface area contributed by atoms with Gasteiger partial charge in [-0.1, -0.05) is 0 Å². The van der Waals surface area contributed by atoms with Crippen LogP contribution in [0, 0.1) is 10.1 Å². The number of rotatable bonds is 4. The molecule has 0 saturated carbocycles. The van der Waals surface area contributed by atoms with Gasteiger partial charge >= 0.3 is 11.6 Å². The van der Waals surface area contributed by atoms with Crippen molar-refractivity contribution in [2.24, 2.45) is 0 Å². The average molecular weight is 278 g/mol. The predicted octanol–water partition coefficient (Wildman–Crippen LogP) is 1.20. The zero-order valence-corrected chi connectivity index (χ0v) is 10.5. The predicted molar refractivity (Wildman–Crippen MR) is 67.3 cm³/mol. The summed E-state index contributed by atoms with van der Waals surface area (Å²) in [5.41, 5.74) is -0.830. The minimum Gasteiger partial charge on any atom is -0.466 e. The van der Waals surface area contributed by atoms with E-state index in [1.54, 1.807) is 6.92 Å². The van der Waals surface area contributed by atoms with Gasteiger partial charge in [0.05, 0.1) is 18.0 Å². The van der Waals surface area contributed by atoms with Crippen molar-refractivity contribution < 1.29 is 18.9 Å². The minimum atomic E-state index is -0.764. The molecule has 2 aromatic rings. The Bertz CT molecular complexity index is 736. The zero-order chi connectivity index (χ0) is 14.7. The molecule has 8 nitrogen and oxygen atoms in total. The van der Waals surface area contributed by atoms with Gasteiger partial charge in [-0.15, -0.1) is 0 Å². The molecule has 1 aromatic heterocycles. The first-order valence-electron chi connectivity index (χ1n) is 5.75. The summed E-state index contributed by atoms with van der Waals surface area (Å²) in [6, 6.07) is 3.67. The van der Waals surface area contributed by atoms with E-state index in [0.29, 0.717) is 0 Å². The molecule has 0 atom stereocenters. The highest BCUT2D eigenvalue weighted by atomic mass is 16.6. The number of carbonyl (C=O) groups excluding carboxylic acids is 1. The smallest absolute Gasteiger partial charge is 0.358 e. The summed E-state index contributed by atoms with van der Waals surface area (Å²) in [6.07, 6.45) is -0.338. The number of hydrogen-bond acceptors (Lipinski definition) is 7. The molecule has 0 bridgehead atoms. The summed E-state index contributed by atoms with van der Waals surface area (Å²) in [6.45, 7) is 1.82. The number of nitro benzene ring substituents is 1. The Morgan fingerprint density at radius 1 is 1.50 bits per heavy atom. The number of fused-ring (bicyclic) bond motifs is 1. The fraction of sp³-hybridized carbons (Fsp3) is 0.250. The van der Waals surface area contributed by atoms with E-state index in [-0.39, 0.29) is 35.5 Å². The van der Waals surface area contributed by atoms with Gasteiger partial charge in [0.25, 0.3) is 5.69 Å². The maximum Gasteiger partial charge on any atom is 0.358 e. The molecule has 0 aliphatic rings. The van der Waals surface area contributed by atoms with E-state index in [1.807, 2.05) is 0 Å². The van der Waals surface area contributed by atoms with Crippen LogP contribution in [0.4, 0.5) is 5.69 Å². The highest BCUT2D eigenvalue weighted by molar-refractivity contribution is 5.76. The first-order valence-corrected chi connectivity index (χ1v) is 5.75.